The van der Waals surface area contributed by atoms with Crippen molar-refractivity contribution in [2.75, 3.05) is 16.9 Å². The fourth-order valence-electron chi connectivity index (χ4n) is 2.24. The van der Waals surface area contributed by atoms with E-state index in [-0.39, 0.29) is 17.4 Å². The summed E-state index contributed by atoms with van der Waals surface area (Å²) in [5.41, 5.74) is 3.86. The number of nitrogens with one attached hydrogen (secondary N) is 2. The number of rotatable bonds is 3. The molecule has 0 aromatic carbocycles. The van der Waals surface area contributed by atoms with Crippen molar-refractivity contribution in [3.8, 4) is 0 Å². The number of carbonyl (C=O) groups excluding carboxylic acids is 1. The van der Waals surface area contributed by atoms with Crippen LogP contribution in [0.5, 0.6) is 0 Å². The van der Waals surface area contributed by atoms with E-state index in [9.17, 15) is 4.79 Å². The van der Waals surface area contributed by atoms with E-state index in [0.29, 0.717) is 11.4 Å². The molecule has 1 aromatic rings. The molecule has 1 unspecified atom stereocenters. The summed E-state index contributed by atoms with van der Waals surface area (Å²) in [6.07, 6.45) is 2.22. The highest BCUT2D eigenvalue weighted by Gasteiger charge is 2.21. The molecule has 0 bridgehead atoms. The zero-order valence-corrected chi connectivity index (χ0v) is 13.7. The molecule has 5 nitrogen and oxygen atoms in total. The zero-order chi connectivity index (χ0) is 15.5. The maximum absolute atomic E-state index is 12.4. The summed E-state index contributed by atoms with van der Waals surface area (Å²) >= 11 is 1.90. The smallest absolute Gasteiger partial charge is 0.251 e. The molecule has 1 fully saturated rings. The van der Waals surface area contributed by atoms with Gasteiger partial charge >= 0.3 is 0 Å². The lowest BCUT2D eigenvalue weighted by atomic mass is 9.90. The molecule has 116 valence electrons. The number of aromatic nitrogens is 1. The van der Waals surface area contributed by atoms with E-state index in [1.807, 2.05) is 17.8 Å². The fourth-order valence-corrected chi connectivity index (χ4v) is 3.32. The van der Waals surface area contributed by atoms with Gasteiger partial charge in [0.1, 0.15) is 5.82 Å². The molecule has 1 aliphatic rings. The number of thioether (sulfide) groups is 1. The highest BCUT2D eigenvalue weighted by molar-refractivity contribution is 7.99. The van der Waals surface area contributed by atoms with E-state index in [0.717, 1.165) is 24.3 Å². The number of hydrogen-bond donors (Lipinski definition) is 3. The Hall–Kier alpha value is -1.27. The number of anilines is 1. The average molecular weight is 308 g/mol. The summed E-state index contributed by atoms with van der Waals surface area (Å²) in [7, 11) is 0. The van der Waals surface area contributed by atoms with Crippen molar-refractivity contribution in [2.24, 2.45) is 5.84 Å². The monoisotopic (exact) mass is 308 g/mol. The minimum Gasteiger partial charge on any atom is -0.348 e. The highest BCUT2D eigenvalue weighted by atomic mass is 32.2. The van der Waals surface area contributed by atoms with Gasteiger partial charge in [-0.1, -0.05) is 20.8 Å². The van der Waals surface area contributed by atoms with Gasteiger partial charge in [-0.15, -0.1) is 0 Å². The molecule has 4 N–H and O–H groups in total. The number of nitrogens with zero attached hydrogens (tertiary/aromatic N) is 1. The van der Waals surface area contributed by atoms with Gasteiger partial charge in [0.2, 0.25) is 0 Å². The molecule has 0 spiro atoms. The lowest BCUT2D eigenvalue weighted by Gasteiger charge is -2.23. The van der Waals surface area contributed by atoms with Crippen LogP contribution < -0.4 is 16.6 Å². The Morgan fingerprint density at radius 2 is 2.19 bits per heavy atom. The molecule has 1 saturated heterocycles. The third kappa shape index (κ3) is 4.35. The Bertz CT molecular complexity index is 507. The molecule has 0 radical (unpaired) electrons. The van der Waals surface area contributed by atoms with Gasteiger partial charge in [0, 0.05) is 28.5 Å². The Kier molecular flexibility index (Phi) is 5.11. The highest BCUT2D eigenvalue weighted by Crippen LogP contribution is 2.23. The van der Waals surface area contributed by atoms with E-state index in [1.165, 1.54) is 5.75 Å². The van der Waals surface area contributed by atoms with Crippen molar-refractivity contribution in [1.29, 1.82) is 0 Å². The maximum atomic E-state index is 12.4. The quantitative estimate of drug-likeness (QED) is 0.590. The first-order valence-electron chi connectivity index (χ1n) is 7.28. The molecule has 1 aliphatic heterocycles. The lowest BCUT2D eigenvalue weighted by molar-refractivity contribution is 0.0938. The van der Waals surface area contributed by atoms with Gasteiger partial charge in [0.05, 0.1) is 0 Å². The van der Waals surface area contributed by atoms with Crippen LogP contribution in [0.25, 0.3) is 0 Å². The second-order valence-corrected chi connectivity index (χ2v) is 7.56. The van der Waals surface area contributed by atoms with Crippen LogP contribution in [0.3, 0.4) is 0 Å². The van der Waals surface area contributed by atoms with E-state index >= 15 is 0 Å². The normalized spacial score (nSPS) is 19.1. The topological polar surface area (TPSA) is 80.0 Å². The van der Waals surface area contributed by atoms with Crippen LogP contribution in [0.1, 0.15) is 49.7 Å². The van der Waals surface area contributed by atoms with Crippen molar-refractivity contribution >= 4 is 23.5 Å². The number of nitrogens with two attached hydrogens (primary N) is 1. The fraction of sp³-hybridized carbons (Fsp3) is 0.600. The summed E-state index contributed by atoms with van der Waals surface area (Å²) in [5, 5.41) is 3.11. The van der Waals surface area contributed by atoms with Crippen molar-refractivity contribution in [3.63, 3.8) is 0 Å². The molecule has 2 rings (SSSR count). The Morgan fingerprint density at radius 1 is 1.43 bits per heavy atom. The van der Waals surface area contributed by atoms with E-state index < -0.39 is 0 Å². The molecule has 1 amide bonds. The number of amides is 1. The third-order valence-electron chi connectivity index (χ3n) is 3.50. The second-order valence-electron chi connectivity index (χ2n) is 6.41. The summed E-state index contributed by atoms with van der Waals surface area (Å²) in [4.78, 5) is 16.9. The summed E-state index contributed by atoms with van der Waals surface area (Å²) in [6.45, 7) is 6.19. The molecule has 2 heterocycles. The Balaban J connectivity index is 2.19. The molecule has 1 aromatic heterocycles. The van der Waals surface area contributed by atoms with Crippen LogP contribution in [-0.4, -0.2) is 28.4 Å². The van der Waals surface area contributed by atoms with Crippen molar-refractivity contribution in [3.05, 3.63) is 23.4 Å². The molecule has 1 atom stereocenters. The minimum atomic E-state index is -0.136. The van der Waals surface area contributed by atoms with Gasteiger partial charge in [-0.25, -0.2) is 10.8 Å². The van der Waals surface area contributed by atoms with E-state index in [1.54, 1.807) is 6.07 Å². The largest absolute Gasteiger partial charge is 0.348 e. The molecular weight excluding hydrogens is 284 g/mol. The molecule has 0 aliphatic carbocycles. The number of carbonyl (C=O) groups is 1. The average Bonchev–Trinajstić information content (AvgIpc) is 2.46. The lowest BCUT2D eigenvalue weighted by Crippen LogP contribution is -2.38. The van der Waals surface area contributed by atoms with Gasteiger partial charge in [0.25, 0.3) is 5.91 Å². The van der Waals surface area contributed by atoms with Gasteiger partial charge in [-0.2, -0.15) is 11.8 Å². The van der Waals surface area contributed by atoms with Crippen molar-refractivity contribution < 1.29 is 4.79 Å². The van der Waals surface area contributed by atoms with Crippen LogP contribution in [0.4, 0.5) is 5.82 Å². The molecular formula is C15H24N4OS. The van der Waals surface area contributed by atoms with E-state index in [4.69, 9.17) is 5.84 Å². The number of hydrazine groups is 1. The second kappa shape index (κ2) is 6.66. The van der Waals surface area contributed by atoms with Gasteiger partial charge in [-0.05, 0) is 30.7 Å². The van der Waals surface area contributed by atoms with Crippen molar-refractivity contribution in [2.45, 2.75) is 45.1 Å². The zero-order valence-electron chi connectivity index (χ0n) is 12.9. The Labute approximate surface area is 130 Å². The molecule has 21 heavy (non-hydrogen) atoms. The number of pyridine rings is 1. The predicted molar refractivity (Wildman–Crippen MR) is 88.6 cm³/mol. The van der Waals surface area contributed by atoms with E-state index in [2.05, 4.69) is 36.5 Å². The van der Waals surface area contributed by atoms with Crippen LogP contribution in [0.2, 0.25) is 0 Å². The maximum Gasteiger partial charge on any atom is 0.251 e. The Morgan fingerprint density at radius 3 is 2.76 bits per heavy atom. The summed E-state index contributed by atoms with van der Waals surface area (Å²) in [5.74, 6) is 8.12. The molecule has 6 heteroatoms. The first-order valence-corrected chi connectivity index (χ1v) is 8.43. The SMILES string of the molecule is CC(C)(C)c1cc(C(=O)NC2CCCSC2)cc(NN)n1. The number of nitrogen functional groups attached to an aromatic ring is 1. The first-order chi connectivity index (χ1) is 9.90. The minimum absolute atomic E-state index is 0.0492. The molecule has 0 saturated carbocycles. The standard InChI is InChI=1S/C15H24N4OS/c1-15(2,3)12-7-10(8-13(18-12)19-16)14(20)17-11-5-4-6-21-9-11/h7-8,11H,4-6,9,16H2,1-3H3,(H,17,20)(H,18,19). The third-order valence-corrected chi connectivity index (χ3v) is 4.71. The van der Waals surface area contributed by atoms with Gasteiger partial charge in [-0.3, -0.25) is 4.79 Å². The van der Waals surface area contributed by atoms with Crippen LogP contribution >= 0.6 is 11.8 Å². The summed E-state index contributed by atoms with van der Waals surface area (Å²) < 4.78 is 0. The predicted octanol–water partition coefficient (Wildman–Crippen LogP) is 2.29. The number of hydrogen-bond acceptors (Lipinski definition) is 5. The van der Waals surface area contributed by atoms with Gasteiger partial charge in [0.15, 0.2) is 0 Å². The van der Waals surface area contributed by atoms with Crippen molar-refractivity contribution in [1.82, 2.24) is 10.3 Å². The van der Waals surface area contributed by atoms with Crippen LogP contribution in [-0.2, 0) is 5.41 Å². The van der Waals surface area contributed by atoms with Gasteiger partial charge < -0.3 is 10.7 Å². The first kappa shape index (κ1) is 16.1. The summed E-state index contributed by atoms with van der Waals surface area (Å²) in [6, 6.07) is 3.81. The van der Waals surface area contributed by atoms with Crippen LogP contribution in [0.15, 0.2) is 12.1 Å². The van der Waals surface area contributed by atoms with Crippen LogP contribution in [0, 0.1) is 0 Å².